The maximum atomic E-state index is 6.07. The molecule has 1 heterocycles. The monoisotopic (exact) mass is 275 g/mol. The van der Waals surface area contributed by atoms with Crippen LogP contribution in [0.3, 0.4) is 0 Å². The summed E-state index contributed by atoms with van der Waals surface area (Å²) in [5, 5.41) is 4.19. The van der Waals surface area contributed by atoms with Gasteiger partial charge in [-0.05, 0) is 17.5 Å². The van der Waals surface area contributed by atoms with E-state index in [9.17, 15) is 0 Å². The molecule has 2 aromatic rings. The third-order valence-electron chi connectivity index (χ3n) is 3.45. The molecule has 5 heteroatoms. The van der Waals surface area contributed by atoms with Crippen LogP contribution in [-0.4, -0.2) is 24.0 Å². The molecular weight excluding hydrogens is 254 g/mol. The van der Waals surface area contributed by atoms with Crippen molar-refractivity contribution in [3.8, 4) is 22.6 Å². The zero-order valence-corrected chi connectivity index (χ0v) is 12.6. The molecule has 0 saturated heterocycles. The first-order valence-corrected chi connectivity index (χ1v) is 6.53. The van der Waals surface area contributed by atoms with Crippen molar-refractivity contribution in [2.75, 3.05) is 20.0 Å². The minimum Gasteiger partial charge on any atom is -0.496 e. The Hall–Kier alpha value is -2.17. The molecule has 0 spiro atoms. The Labute approximate surface area is 119 Å². The first-order valence-electron chi connectivity index (χ1n) is 6.53. The van der Waals surface area contributed by atoms with E-state index in [0.717, 1.165) is 28.2 Å². The number of rotatable bonds is 4. The molecule has 1 aromatic carbocycles. The highest BCUT2D eigenvalue weighted by Gasteiger charge is 2.18. The van der Waals surface area contributed by atoms with Gasteiger partial charge in [0.15, 0.2) is 0 Å². The number of aromatic nitrogens is 2. The van der Waals surface area contributed by atoms with Gasteiger partial charge in [-0.3, -0.25) is 4.68 Å². The van der Waals surface area contributed by atoms with E-state index in [0.29, 0.717) is 11.7 Å². The van der Waals surface area contributed by atoms with Gasteiger partial charge in [-0.25, -0.2) is 0 Å². The van der Waals surface area contributed by atoms with Crippen molar-refractivity contribution in [3.63, 3.8) is 0 Å². The molecule has 0 bridgehead atoms. The molecule has 0 aliphatic rings. The third kappa shape index (κ3) is 2.31. The largest absolute Gasteiger partial charge is 0.496 e. The molecular formula is C15H21N3O2. The van der Waals surface area contributed by atoms with Crippen LogP contribution in [0.5, 0.6) is 11.5 Å². The molecule has 0 saturated carbocycles. The van der Waals surface area contributed by atoms with Gasteiger partial charge in [-0.15, -0.1) is 0 Å². The standard InChI is InChI=1S/C15H21N3O2/c1-9(2)10-6-11(12-8-17-18(3)15(12)16)14(20-5)7-13(10)19-4/h6-9H,16H2,1-5H3. The van der Waals surface area contributed by atoms with Crippen molar-refractivity contribution in [3.05, 3.63) is 23.9 Å². The second-order valence-electron chi connectivity index (χ2n) is 5.02. The predicted octanol–water partition coefficient (Wildman–Crippen LogP) is 2.81. The van der Waals surface area contributed by atoms with Gasteiger partial charge in [0.05, 0.1) is 20.4 Å². The van der Waals surface area contributed by atoms with Crippen molar-refractivity contribution in [1.29, 1.82) is 0 Å². The highest BCUT2D eigenvalue weighted by molar-refractivity contribution is 5.80. The number of hydrogen-bond acceptors (Lipinski definition) is 4. The van der Waals surface area contributed by atoms with E-state index in [4.69, 9.17) is 15.2 Å². The zero-order chi connectivity index (χ0) is 14.9. The molecule has 20 heavy (non-hydrogen) atoms. The Morgan fingerprint density at radius 3 is 2.20 bits per heavy atom. The third-order valence-corrected chi connectivity index (χ3v) is 3.45. The van der Waals surface area contributed by atoms with E-state index in [2.05, 4.69) is 25.0 Å². The molecule has 0 atom stereocenters. The summed E-state index contributed by atoms with van der Waals surface area (Å²) in [5.74, 6) is 2.50. The van der Waals surface area contributed by atoms with E-state index in [1.807, 2.05) is 13.1 Å². The smallest absolute Gasteiger partial charge is 0.130 e. The fraction of sp³-hybridized carbons (Fsp3) is 0.400. The molecule has 2 rings (SSSR count). The minimum atomic E-state index is 0.340. The number of aryl methyl sites for hydroxylation is 1. The topological polar surface area (TPSA) is 62.3 Å². The molecule has 0 unspecified atom stereocenters. The molecule has 0 aliphatic carbocycles. The summed E-state index contributed by atoms with van der Waals surface area (Å²) in [6, 6.07) is 3.97. The molecule has 5 nitrogen and oxygen atoms in total. The molecule has 0 fully saturated rings. The van der Waals surface area contributed by atoms with Crippen molar-refractivity contribution in [2.45, 2.75) is 19.8 Å². The van der Waals surface area contributed by atoms with Crippen molar-refractivity contribution in [2.24, 2.45) is 7.05 Å². The fourth-order valence-electron chi connectivity index (χ4n) is 2.24. The number of nitrogens with zero attached hydrogens (tertiary/aromatic N) is 2. The fourth-order valence-corrected chi connectivity index (χ4v) is 2.24. The van der Waals surface area contributed by atoms with Crippen molar-refractivity contribution >= 4 is 5.82 Å². The van der Waals surface area contributed by atoms with Crippen LogP contribution >= 0.6 is 0 Å². The number of ether oxygens (including phenoxy) is 2. The lowest BCUT2D eigenvalue weighted by atomic mass is 9.96. The zero-order valence-electron chi connectivity index (χ0n) is 12.6. The van der Waals surface area contributed by atoms with Crippen molar-refractivity contribution < 1.29 is 9.47 Å². The van der Waals surface area contributed by atoms with Gasteiger partial charge in [-0.2, -0.15) is 5.10 Å². The lowest BCUT2D eigenvalue weighted by Crippen LogP contribution is -2.00. The van der Waals surface area contributed by atoms with Crippen LogP contribution in [0.15, 0.2) is 18.3 Å². The lowest BCUT2D eigenvalue weighted by Gasteiger charge is -2.16. The Morgan fingerprint density at radius 1 is 1.10 bits per heavy atom. The number of benzene rings is 1. The summed E-state index contributed by atoms with van der Waals surface area (Å²) in [6.07, 6.45) is 1.75. The number of hydrogen-bond donors (Lipinski definition) is 1. The van der Waals surface area contributed by atoms with E-state index in [1.165, 1.54) is 0 Å². The first kappa shape index (κ1) is 14.2. The van der Waals surface area contributed by atoms with E-state index in [1.54, 1.807) is 25.1 Å². The average Bonchev–Trinajstić information content (AvgIpc) is 2.77. The van der Waals surface area contributed by atoms with Gasteiger partial charge in [-0.1, -0.05) is 13.8 Å². The van der Waals surface area contributed by atoms with E-state index in [-0.39, 0.29) is 0 Å². The highest BCUT2D eigenvalue weighted by atomic mass is 16.5. The van der Waals surface area contributed by atoms with Crippen LogP contribution < -0.4 is 15.2 Å². The number of nitrogens with two attached hydrogens (primary N) is 1. The Bertz CT molecular complexity index is 618. The Kier molecular flexibility index (Phi) is 3.88. The maximum Gasteiger partial charge on any atom is 0.130 e. The van der Waals surface area contributed by atoms with Gasteiger partial charge in [0.2, 0.25) is 0 Å². The van der Waals surface area contributed by atoms with Gasteiger partial charge in [0.25, 0.3) is 0 Å². The van der Waals surface area contributed by atoms with Gasteiger partial charge >= 0.3 is 0 Å². The highest BCUT2D eigenvalue weighted by Crippen LogP contribution is 2.40. The second-order valence-corrected chi connectivity index (χ2v) is 5.02. The average molecular weight is 275 g/mol. The summed E-state index contributed by atoms with van der Waals surface area (Å²) in [7, 11) is 5.12. The molecule has 2 N–H and O–H groups in total. The van der Waals surface area contributed by atoms with Gasteiger partial charge in [0, 0.05) is 24.2 Å². The maximum absolute atomic E-state index is 6.07. The van der Waals surface area contributed by atoms with Crippen LogP contribution in [0.4, 0.5) is 5.82 Å². The summed E-state index contributed by atoms with van der Waals surface area (Å²) in [5.41, 5.74) is 8.99. The summed E-state index contributed by atoms with van der Waals surface area (Å²) in [6.45, 7) is 4.25. The van der Waals surface area contributed by atoms with Gasteiger partial charge in [0.1, 0.15) is 17.3 Å². The second kappa shape index (κ2) is 5.45. The van der Waals surface area contributed by atoms with Gasteiger partial charge < -0.3 is 15.2 Å². The Morgan fingerprint density at radius 2 is 1.75 bits per heavy atom. The van der Waals surface area contributed by atoms with Crippen LogP contribution in [0, 0.1) is 0 Å². The number of anilines is 1. The summed E-state index contributed by atoms with van der Waals surface area (Å²) < 4.78 is 12.6. The number of nitrogen functional groups attached to an aromatic ring is 1. The normalized spacial score (nSPS) is 10.9. The minimum absolute atomic E-state index is 0.340. The SMILES string of the molecule is COc1cc(OC)c(C(C)C)cc1-c1cnn(C)c1N. The summed E-state index contributed by atoms with van der Waals surface area (Å²) in [4.78, 5) is 0. The van der Waals surface area contributed by atoms with Crippen LogP contribution in [0.25, 0.3) is 11.1 Å². The predicted molar refractivity (Wildman–Crippen MR) is 80.2 cm³/mol. The molecule has 108 valence electrons. The Balaban J connectivity index is 2.68. The van der Waals surface area contributed by atoms with Crippen LogP contribution in [0.1, 0.15) is 25.3 Å². The molecule has 0 aliphatic heterocycles. The molecule has 0 amide bonds. The summed E-state index contributed by atoms with van der Waals surface area (Å²) >= 11 is 0. The van der Waals surface area contributed by atoms with Crippen molar-refractivity contribution in [1.82, 2.24) is 9.78 Å². The lowest BCUT2D eigenvalue weighted by molar-refractivity contribution is 0.390. The molecule has 1 aromatic heterocycles. The van der Waals surface area contributed by atoms with E-state index >= 15 is 0 Å². The van der Waals surface area contributed by atoms with Crippen LogP contribution in [-0.2, 0) is 7.05 Å². The molecule has 0 radical (unpaired) electrons. The number of methoxy groups -OCH3 is 2. The van der Waals surface area contributed by atoms with E-state index < -0.39 is 0 Å². The quantitative estimate of drug-likeness (QED) is 0.932. The van der Waals surface area contributed by atoms with Crippen LogP contribution in [0.2, 0.25) is 0 Å². The first-order chi connectivity index (χ1) is 9.49.